The Hall–Kier alpha value is -1.05. The van der Waals surface area contributed by atoms with Gasteiger partial charge in [0.25, 0.3) is 0 Å². The van der Waals surface area contributed by atoms with Crippen molar-refractivity contribution in [1.82, 2.24) is 0 Å². The summed E-state index contributed by atoms with van der Waals surface area (Å²) in [5.74, 6) is -0.262. The standard InChI is InChI=1S/C10H11FN/c1-12-6-2-3-8-4-5-9(11)7-10(8)12/h4,7H,2-3,6H2,1H3. The molecule has 0 unspecified atom stereocenters. The minimum atomic E-state index is -0.262. The molecule has 1 radical (unpaired) electrons. The number of hydrogen-bond donors (Lipinski definition) is 0. The second-order valence-electron chi connectivity index (χ2n) is 3.22. The molecule has 1 aliphatic rings. The predicted octanol–water partition coefficient (Wildman–Crippen LogP) is 2.01. The molecule has 2 heteroatoms. The van der Waals surface area contributed by atoms with Gasteiger partial charge in [0.1, 0.15) is 5.82 Å². The summed E-state index contributed by atoms with van der Waals surface area (Å²) in [5, 5.41) is 0. The summed E-state index contributed by atoms with van der Waals surface area (Å²) < 4.78 is 12.8. The largest absolute Gasteiger partial charge is 0.374 e. The fourth-order valence-electron chi connectivity index (χ4n) is 1.67. The summed E-state index contributed by atoms with van der Waals surface area (Å²) in [4.78, 5) is 2.09. The molecular formula is C10H11FN. The molecule has 2 rings (SSSR count). The van der Waals surface area contributed by atoms with Crippen LogP contribution < -0.4 is 4.90 Å². The van der Waals surface area contributed by atoms with Crippen LogP contribution in [0.2, 0.25) is 0 Å². The van der Waals surface area contributed by atoms with E-state index >= 15 is 0 Å². The van der Waals surface area contributed by atoms with E-state index in [0.29, 0.717) is 0 Å². The molecule has 0 fully saturated rings. The van der Waals surface area contributed by atoms with E-state index in [1.165, 1.54) is 5.56 Å². The monoisotopic (exact) mass is 164 g/mol. The van der Waals surface area contributed by atoms with Gasteiger partial charge in [-0.1, -0.05) is 0 Å². The van der Waals surface area contributed by atoms with Crippen molar-refractivity contribution in [2.75, 3.05) is 18.5 Å². The summed E-state index contributed by atoms with van der Waals surface area (Å²) in [6.07, 6.45) is 2.21. The molecule has 0 bridgehead atoms. The molecule has 0 aromatic heterocycles. The molecule has 0 saturated heterocycles. The van der Waals surface area contributed by atoms with Crippen molar-refractivity contribution in [2.24, 2.45) is 0 Å². The number of rotatable bonds is 0. The molecule has 0 spiro atoms. The van der Waals surface area contributed by atoms with Gasteiger partial charge in [-0.25, -0.2) is 4.39 Å². The Morgan fingerprint density at radius 1 is 1.58 bits per heavy atom. The van der Waals surface area contributed by atoms with Crippen molar-refractivity contribution in [3.05, 3.63) is 29.6 Å². The highest BCUT2D eigenvalue weighted by Gasteiger charge is 2.13. The molecule has 0 N–H and O–H groups in total. The highest BCUT2D eigenvalue weighted by atomic mass is 19.1. The zero-order valence-corrected chi connectivity index (χ0v) is 7.10. The first-order valence-corrected chi connectivity index (χ1v) is 4.18. The third-order valence-electron chi connectivity index (χ3n) is 2.33. The van der Waals surface area contributed by atoms with Crippen LogP contribution in [0.4, 0.5) is 10.1 Å². The van der Waals surface area contributed by atoms with Crippen molar-refractivity contribution < 1.29 is 4.39 Å². The molecule has 0 aliphatic carbocycles. The number of aryl methyl sites for hydroxylation is 1. The second kappa shape index (κ2) is 2.77. The second-order valence-corrected chi connectivity index (χ2v) is 3.22. The maximum absolute atomic E-state index is 12.8. The van der Waals surface area contributed by atoms with E-state index in [1.807, 2.05) is 7.05 Å². The first-order chi connectivity index (χ1) is 5.77. The highest BCUT2D eigenvalue weighted by molar-refractivity contribution is 5.54. The van der Waals surface area contributed by atoms with Gasteiger partial charge < -0.3 is 4.90 Å². The van der Waals surface area contributed by atoms with E-state index < -0.39 is 0 Å². The predicted molar refractivity (Wildman–Crippen MR) is 46.8 cm³/mol. The highest BCUT2D eigenvalue weighted by Crippen LogP contribution is 2.25. The van der Waals surface area contributed by atoms with E-state index in [2.05, 4.69) is 11.0 Å². The first-order valence-electron chi connectivity index (χ1n) is 4.18. The van der Waals surface area contributed by atoms with Crippen molar-refractivity contribution in [3.8, 4) is 0 Å². The van der Waals surface area contributed by atoms with E-state index in [1.54, 1.807) is 12.1 Å². The molecule has 0 amide bonds. The van der Waals surface area contributed by atoms with E-state index in [0.717, 1.165) is 25.1 Å². The Kier molecular flexibility index (Phi) is 1.75. The van der Waals surface area contributed by atoms with Gasteiger partial charge in [-0.05, 0) is 30.5 Å². The van der Waals surface area contributed by atoms with Gasteiger partial charge in [0, 0.05) is 25.3 Å². The van der Waals surface area contributed by atoms with Crippen molar-refractivity contribution in [1.29, 1.82) is 0 Å². The zero-order chi connectivity index (χ0) is 8.55. The molecule has 1 aromatic carbocycles. The van der Waals surface area contributed by atoms with E-state index in [4.69, 9.17) is 0 Å². The lowest BCUT2D eigenvalue weighted by Gasteiger charge is -2.27. The van der Waals surface area contributed by atoms with Crippen LogP contribution >= 0.6 is 0 Å². The third-order valence-corrected chi connectivity index (χ3v) is 2.33. The summed E-state index contributed by atoms with van der Waals surface area (Å²) in [5.41, 5.74) is 2.24. The average Bonchev–Trinajstić information content (AvgIpc) is 2.07. The Balaban J connectivity index is 2.47. The molecule has 1 aromatic rings. The van der Waals surface area contributed by atoms with Gasteiger partial charge in [-0.15, -0.1) is 0 Å². The summed E-state index contributed by atoms with van der Waals surface area (Å²) in [7, 11) is 2.00. The van der Waals surface area contributed by atoms with Crippen LogP contribution in [0.25, 0.3) is 0 Å². The normalized spacial score (nSPS) is 16.0. The molecule has 1 heterocycles. The van der Waals surface area contributed by atoms with Crippen LogP contribution in [0.1, 0.15) is 12.0 Å². The smallest absolute Gasteiger partial charge is 0.133 e. The minimum absolute atomic E-state index is 0.262. The van der Waals surface area contributed by atoms with Crippen molar-refractivity contribution in [2.45, 2.75) is 12.8 Å². The van der Waals surface area contributed by atoms with Gasteiger partial charge in [-0.2, -0.15) is 0 Å². The topological polar surface area (TPSA) is 3.24 Å². The van der Waals surface area contributed by atoms with Gasteiger partial charge in [0.05, 0.1) is 0 Å². The Morgan fingerprint density at radius 3 is 3.25 bits per heavy atom. The Bertz CT molecular complexity index is 296. The van der Waals surface area contributed by atoms with Gasteiger partial charge in [0.15, 0.2) is 0 Å². The van der Waals surface area contributed by atoms with Gasteiger partial charge >= 0.3 is 0 Å². The third kappa shape index (κ3) is 1.17. The maximum Gasteiger partial charge on any atom is 0.133 e. The van der Waals surface area contributed by atoms with Crippen LogP contribution in [0, 0.1) is 11.9 Å². The molecule has 12 heavy (non-hydrogen) atoms. The average molecular weight is 164 g/mol. The lowest BCUT2D eigenvalue weighted by molar-refractivity contribution is 0.620. The van der Waals surface area contributed by atoms with Crippen LogP contribution in [0.5, 0.6) is 0 Å². The lowest BCUT2D eigenvalue weighted by atomic mass is 10.0. The van der Waals surface area contributed by atoms with Crippen molar-refractivity contribution in [3.63, 3.8) is 0 Å². The Morgan fingerprint density at radius 2 is 2.42 bits per heavy atom. The number of nitrogens with zero attached hydrogens (tertiary/aromatic N) is 1. The van der Waals surface area contributed by atoms with Crippen LogP contribution in [0.15, 0.2) is 12.1 Å². The summed E-state index contributed by atoms with van der Waals surface area (Å²) >= 11 is 0. The van der Waals surface area contributed by atoms with E-state index in [9.17, 15) is 4.39 Å². The maximum atomic E-state index is 12.8. The van der Waals surface area contributed by atoms with Crippen LogP contribution in [-0.4, -0.2) is 13.6 Å². The summed E-state index contributed by atoms with van der Waals surface area (Å²) in [6, 6.07) is 5.91. The van der Waals surface area contributed by atoms with Crippen molar-refractivity contribution >= 4 is 5.69 Å². The molecule has 0 saturated carbocycles. The fraction of sp³-hybridized carbons (Fsp3) is 0.400. The first kappa shape index (κ1) is 7.59. The lowest BCUT2D eigenvalue weighted by Crippen LogP contribution is -2.24. The molecule has 63 valence electrons. The van der Waals surface area contributed by atoms with E-state index in [-0.39, 0.29) is 5.82 Å². The number of anilines is 1. The number of hydrogen-bond acceptors (Lipinski definition) is 1. The molecule has 0 atom stereocenters. The minimum Gasteiger partial charge on any atom is -0.374 e. The van der Waals surface area contributed by atoms with Crippen LogP contribution in [0.3, 0.4) is 0 Å². The molecular weight excluding hydrogens is 153 g/mol. The molecule has 1 nitrogen and oxygen atoms in total. The van der Waals surface area contributed by atoms with Gasteiger partial charge in [-0.3, -0.25) is 0 Å². The molecule has 1 aliphatic heterocycles. The fourth-order valence-corrected chi connectivity index (χ4v) is 1.67. The zero-order valence-electron chi connectivity index (χ0n) is 7.10. The summed E-state index contributed by atoms with van der Waals surface area (Å²) in [6.45, 7) is 1.02. The van der Waals surface area contributed by atoms with Crippen LogP contribution in [-0.2, 0) is 6.42 Å². The quantitative estimate of drug-likeness (QED) is 0.567. The SMILES string of the molecule is CN1CCCc2c[c]c(F)cc21. The Labute approximate surface area is 71.8 Å². The number of benzene rings is 1. The number of fused-ring (bicyclic) bond motifs is 1. The van der Waals surface area contributed by atoms with Gasteiger partial charge in [0.2, 0.25) is 0 Å². The number of halogens is 1.